The van der Waals surface area contributed by atoms with Gasteiger partial charge in [0.15, 0.2) is 5.58 Å². The maximum atomic E-state index is 14.2. The molecule has 0 aliphatic carbocycles. The highest BCUT2D eigenvalue weighted by molar-refractivity contribution is 14.1. The highest BCUT2D eigenvalue weighted by Crippen LogP contribution is 2.40. The number of hydrogen-bond donors (Lipinski definition) is 3. The van der Waals surface area contributed by atoms with Crippen molar-refractivity contribution in [3.63, 3.8) is 0 Å². The van der Waals surface area contributed by atoms with Gasteiger partial charge in [-0.2, -0.15) is 13.2 Å². The van der Waals surface area contributed by atoms with Crippen LogP contribution in [0, 0.1) is 9.39 Å². The summed E-state index contributed by atoms with van der Waals surface area (Å²) in [6.45, 7) is -0.655. The molecule has 1 aromatic carbocycles. The molecule has 3 N–H and O–H groups in total. The van der Waals surface area contributed by atoms with Crippen molar-refractivity contribution in [1.29, 1.82) is 0 Å². The first-order valence-corrected chi connectivity index (χ1v) is 9.03. The lowest BCUT2D eigenvalue weighted by molar-refractivity contribution is -0.137. The molecule has 0 aliphatic heterocycles. The van der Waals surface area contributed by atoms with E-state index in [9.17, 15) is 22.4 Å². The highest BCUT2D eigenvalue weighted by Gasteiger charge is 2.36. The SMILES string of the molecule is O=C(NOCCO)c1oc2c(C(F)(F)F)cncc2c1Nc1ccc(I)cc1F. The van der Waals surface area contributed by atoms with Crippen LogP contribution in [0.3, 0.4) is 0 Å². The molecule has 0 saturated carbocycles. The summed E-state index contributed by atoms with van der Waals surface area (Å²) in [5, 5.41) is 11.1. The van der Waals surface area contributed by atoms with Crippen LogP contribution in [0.25, 0.3) is 11.0 Å². The summed E-state index contributed by atoms with van der Waals surface area (Å²) < 4.78 is 60.0. The number of anilines is 2. The summed E-state index contributed by atoms with van der Waals surface area (Å²) in [7, 11) is 0. The number of aliphatic hydroxyl groups excluding tert-OH is 1. The minimum Gasteiger partial charge on any atom is -0.448 e. The topological polar surface area (TPSA) is 96.6 Å². The van der Waals surface area contributed by atoms with Gasteiger partial charge in [-0.25, -0.2) is 9.87 Å². The molecule has 2 aromatic heterocycles. The van der Waals surface area contributed by atoms with E-state index in [1.807, 2.05) is 28.1 Å². The van der Waals surface area contributed by atoms with Gasteiger partial charge in [0.1, 0.15) is 17.1 Å². The number of fused-ring (bicyclic) bond motifs is 1. The number of aliphatic hydroxyl groups is 1. The molecule has 0 aliphatic rings. The summed E-state index contributed by atoms with van der Waals surface area (Å²) in [5.74, 6) is -2.29. The number of furan rings is 1. The van der Waals surface area contributed by atoms with Crippen molar-refractivity contribution in [2.45, 2.75) is 6.18 Å². The van der Waals surface area contributed by atoms with Crippen LogP contribution in [0.4, 0.5) is 28.9 Å². The van der Waals surface area contributed by atoms with Gasteiger partial charge in [-0.3, -0.25) is 14.6 Å². The van der Waals surface area contributed by atoms with Crippen molar-refractivity contribution in [3.05, 3.63) is 51.3 Å². The van der Waals surface area contributed by atoms with Gasteiger partial charge < -0.3 is 14.8 Å². The molecule has 0 unspecified atom stereocenters. The Morgan fingerprint density at radius 1 is 1.31 bits per heavy atom. The molecule has 3 rings (SSSR count). The zero-order chi connectivity index (χ0) is 21.2. The van der Waals surface area contributed by atoms with Gasteiger partial charge in [0.25, 0.3) is 0 Å². The van der Waals surface area contributed by atoms with E-state index in [-0.39, 0.29) is 23.4 Å². The predicted octanol–water partition coefficient (Wildman–Crippen LogP) is 3.99. The Morgan fingerprint density at radius 3 is 2.72 bits per heavy atom. The van der Waals surface area contributed by atoms with E-state index in [0.29, 0.717) is 9.77 Å². The van der Waals surface area contributed by atoms with Crippen LogP contribution >= 0.6 is 22.6 Å². The highest BCUT2D eigenvalue weighted by atomic mass is 127. The lowest BCUT2D eigenvalue weighted by Crippen LogP contribution is -2.25. The third-order valence-corrected chi connectivity index (χ3v) is 4.33. The maximum absolute atomic E-state index is 14.2. The van der Waals surface area contributed by atoms with E-state index in [4.69, 9.17) is 9.52 Å². The monoisotopic (exact) mass is 525 g/mol. The Hall–Kier alpha value is -2.45. The number of halogens is 5. The van der Waals surface area contributed by atoms with Crippen LogP contribution in [-0.4, -0.2) is 29.2 Å². The summed E-state index contributed by atoms with van der Waals surface area (Å²) in [6, 6.07) is 4.13. The average Bonchev–Trinajstić information content (AvgIpc) is 3.02. The van der Waals surface area contributed by atoms with Crippen LogP contribution in [0.5, 0.6) is 0 Å². The number of alkyl halides is 3. The molecular weight excluding hydrogens is 513 g/mol. The van der Waals surface area contributed by atoms with Crippen LogP contribution in [0.15, 0.2) is 35.0 Å². The second-order valence-corrected chi connectivity index (χ2v) is 6.87. The van der Waals surface area contributed by atoms with Crippen molar-refractivity contribution >= 4 is 50.8 Å². The first kappa shape index (κ1) is 21.3. The average molecular weight is 525 g/mol. The van der Waals surface area contributed by atoms with E-state index in [0.717, 1.165) is 6.20 Å². The zero-order valence-corrected chi connectivity index (χ0v) is 16.5. The quantitative estimate of drug-likeness (QED) is 0.195. The summed E-state index contributed by atoms with van der Waals surface area (Å²) in [4.78, 5) is 20.6. The second-order valence-electron chi connectivity index (χ2n) is 5.62. The van der Waals surface area contributed by atoms with Gasteiger partial charge in [0.2, 0.25) is 5.76 Å². The van der Waals surface area contributed by atoms with Crippen LogP contribution < -0.4 is 10.8 Å². The van der Waals surface area contributed by atoms with Gasteiger partial charge in [-0.05, 0) is 40.8 Å². The molecule has 0 spiro atoms. The maximum Gasteiger partial charge on any atom is 0.421 e. The fourth-order valence-corrected chi connectivity index (χ4v) is 2.89. The lowest BCUT2D eigenvalue weighted by atomic mass is 10.2. The first-order valence-electron chi connectivity index (χ1n) is 7.95. The molecule has 0 bridgehead atoms. The number of rotatable bonds is 6. The third-order valence-electron chi connectivity index (χ3n) is 3.66. The molecule has 12 heteroatoms. The molecule has 2 heterocycles. The fourth-order valence-electron chi connectivity index (χ4n) is 2.43. The number of nitrogens with zero attached hydrogens (tertiary/aromatic N) is 1. The molecule has 0 saturated heterocycles. The number of hydrogen-bond acceptors (Lipinski definition) is 6. The second kappa shape index (κ2) is 8.51. The molecule has 0 radical (unpaired) electrons. The first-order chi connectivity index (χ1) is 13.7. The number of nitrogens with one attached hydrogen (secondary N) is 2. The number of carbonyl (C=O) groups excluding carboxylic acids is 1. The van der Waals surface area contributed by atoms with E-state index < -0.39 is 41.4 Å². The smallest absolute Gasteiger partial charge is 0.421 e. The van der Waals surface area contributed by atoms with Crippen molar-refractivity contribution < 1.29 is 36.7 Å². The van der Waals surface area contributed by atoms with Crippen molar-refractivity contribution in [2.24, 2.45) is 0 Å². The number of carbonyl (C=O) groups is 1. The number of pyridine rings is 1. The van der Waals surface area contributed by atoms with Gasteiger partial charge in [0.05, 0.1) is 24.3 Å². The molecule has 0 atom stereocenters. The van der Waals surface area contributed by atoms with Crippen molar-refractivity contribution in [3.8, 4) is 0 Å². The number of aromatic nitrogens is 1. The normalized spacial score (nSPS) is 11.7. The lowest BCUT2D eigenvalue weighted by Gasteiger charge is -2.09. The Balaban J connectivity index is 2.13. The number of amides is 1. The summed E-state index contributed by atoms with van der Waals surface area (Å²) in [6.07, 6.45) is -3.17. The largest absolute Gasteiger partial charge is 0.448 e. The molecule has 3 aromatic rings. The molecular formula is C17H12F4IN3O4. The number of benzene rings is 1. The summed E-state index contributed by atoms with van der Waals surface area (Å²) >= 11 is 1.89. The van der Waals surface area contributed by atoms with E-state index >= 15 is 0 Å². The molecule has 1 amide bonds. The van der Waals surface area contributed by atoms with Crippen molar-refractivity contribution in [2.75, 3.05) is 18.5 Å². The minimum absolute atomic E-state index is 0.0872. The molecule has 154 valence electrons. The Morgan fingerprint density at radius 2 is 2.07 bits per heavy atom. The van der Waals surface area contributed by atoms with Crippen LogP contribution in [0.1, 0.15) is 16.1 Å². The van der Waals surface area contributed by atoms with Crippen LogP contribution in [0.2, 0.25) is 0 Å². The van der Waals surface area contributed by atoms with Gasteiger partial charge in [0, 0.05) is 16.0 Å². The Labute approximate surface area is 174 Å². The van der Waals surface area contributed by atoms with E-state index in [2.05, 4.69) is 15.1 Å². The minimum atomic E-state index is -4.79. The number of hydroxylamine groups is 1. The Kier molecular flexibility index (Phi) is 6.24. The van der Waals surface area contributed by atoms with E-state index in [1.54, 1.807) is 6.07 Å². The molecule has 29 heavy (non-hydrogen) atoms. The molecule has 7 nitrogen and oxygen atoms in total. The van der Waals surface area contributed by atoms with Gasteiger partial charge in [-0.15, -0.1) is 0 Å². The van der Waals surface area contributed by atoms with Gasteiger partial charge >= 0.3 is 12.1 Å². The van der Waals surface area contributed by atoms with Crippen molar-refractivity contribution in [1.82, 2.24) is 10.5 Å². The zero-order valence-electron chi connectivity index (χ0n) is 14.3. The van der Waals surface area contributed by atoms with E-state index in [1.165, 1.54) is 12.1 Å². The van der Waals surface area contributed by atoms with Crippen LogP contribution in [-0.2, 0) is 11.0 Å². The Bertz CT molecular complexity index is 1060. The fraction of sp³-hybridized carbons (Fsp3) is 0.176. The summed E-state index contributed by atoms with van der Waals surface area (Å²) in [5.41, 5.74) is -0.209. The van der Waals surface area contributed by atoms with Gasteiger partial charge in [-0.1, -0.05) is 0 Å². The standard InChI is InChI=1S/C17H12F4IN3O4/c18-11-5-8(22)1-2-12(11)24-13-9-6-23-7-10(17(19,20)21)14(9)29-15(13)16(27)25-28-4-3-26/h1-2,5-7,24,26H,3-4H2,(H,25,27). The predicted molar refractivity (Wildman–Crippen MR) is 102 cm³/mol. The molecule has 0 fully saturated rings. The third kappa shape index (κ3) is 4.59.